The SMILES string of the molecule is CC(C)N1CC[C@@]2(C)CN(C)C[C@@]2(C)C1. The first-order chi connectivity index (χ1) is 6.86. The zero-order valence-corrected chi connectivity index (χ0v) is 11.0. The van der Waals surface area contributed by atoms with Gasteiger partial charge in [0.1, 0.15) is 0 Å². The van der Waals surface area contributed by atoms with E-state index in [4.69, 9.17) is 0 Å². The molecule has 2 heteroatoms. The summed E-state index contributed by atoms with van der Waals surface area (Å²) in [6.45, 7) is 14.8. The summed E-state index contributed by atoms with van der Waals surface area (Å²) < 4.78 is 0. The second kappa shape index (κ2) is 3.46. The van der Waals surface area contributed by atoms with Gasteiger partial charge in [-0.25, -0.2) is 0 Å². The maximum Gasteiger partial charge on any atom is 0.00560 e. The van der Waals surface area contributed by atoms with Crippen molar-refractivity contribution in [1.29, 1.82) is 0 Å². The van der Waals surface area contributed by atoms with E-state index >= 15 is 0 Å². The number of nitrogens with zero attached hydrogens (tertiary/aromatic N) is 2. The lowest BCUT2D eigenvalue weighted by atomic mass is 9.63. The van der Waals surface area contributed by atoms with Gasteiger partial charge in [-0.3, -0.25) is 0 Å². The van der Waals surface area contributed by atoms with Gasteiger partial charge < -0.3 is 9.80 Å². The van der Waals surface area contributed by atoms with Crippen molar-refractivity contribution < 1.29 is 0 Å². The van der Waals surface area contributed by atoms with Crippen LogP contribution in [-0.2, 0) is 0 Å². The molecule has 2 atom stereocenters. The second-order valence-corrected chi connectivity index (χ2v) is 6.61. The van der Waals surface area contributed by atoms with E-state index in [1.807, 2.05) is 0 Å². The first-order valence-electron chi connectivity index (χ1n) is 6.29. The molecular weight excluding hydrogens is 184 g/mol. The fraction of sp³-hybridized carbons (Fsp3) is 1.00. The average Bonchev–Trinajstić information content (AvgIpc) is 2.32. The number of hydrogen-bond donors (Lipinski definition) is 0. The van der Waals surface area contributed by atoms with Gasteiger partial charge in [0.2, 0.25) is 0 Å². The van der Waals surface area contributed by atoms with Crippen LogP contribution in [0.2, 0.25) is 0 Å². The Morgan fingerprint density at radius 2 is 1.60 bits per heavy atom. The van der Waals surface area contributed by atoms with Crippen molar-refractivity contribution in [2.75, 3.05) is 33.2 Å². The topological polar surface area (TPSA) is 6.48 Å². The quantitative estimate of drug-likeness (QED) is 0.653. The lowest BCUT2D eigenvalue weighted by molar-refractivity contribution is -0.00337. The van der Waals surface area contributed by atoms with Gasteiger partial charge in [-0.15, -0.1) is 0 Å². The molecule has 2 rings (SSSR count). The van der Waals surface area contributed by atoms with Gasteiger partial charge in [0, 0.05) is 25.7 Å². The van der Waals surface area contributed by atoms with Crippen LogP contribution in [0.5, 0.6) is 0 Å². The van der Waals surface area contributed by atoms with Crippen LogP contribution in [0.3, 0.4) is 0 Å². The molecule has 0 N–H and O–H groups in total. The molecular formula is C13H26N2. The normalized spacial score (nSPS) is 43.6. The van der Waals surface area contributed by atoms with Gasteiger partial charge in [-0.05, 0) is 44.7 Å². The van der Waals surface area contributed by atoms with Crippen molar-refractivity contribution in [2.24, 2.45) is 10.8 Å². The molecule has 15 heavy (non-hydrogen) atoms. The van der Waals surface area contributed by atoms with E-state index < -0.39 is 0 Å². The minimum absolute atomic E-state index is 0.504. The molecule has 2 heterocycles. The van der Waals surface area contributed by atoms with Crippen LogP contribution >= 0.6 is 0 Å². The van der Waals surface area contributed by atoms with E-state index in [1.54, 1.807) is 0 Å². The molecule has 0 aliphatic carbocycles. The summed E-state index contributed by atoms with van der Waals surface area (Å²) >= 11 is 0. The van der Waals surface area contributed by atoms with Crippen LogP contribution in [0.4, 0.5) is 0 Å². The highest BCUT2D eigenvalue weighted by molar-refractivity contribution is 5.06. The average molecular weight is 210 g/mol. The number of hydrogen-bond acceptors (Lipinski definition) is 2. The van der Waals surface area contributed by atoms with Gasteiger partial charge in [0.05, 0.1) is 0 Å². The maximum absolute atomic E-state index is 2.65. The van der Waals surface area contributed by atoms with E-state index in [0.29, 0.717) is 16.9 Å². The smallest absolute Gasteiger partial charge is 0.00560 e. The molecule has 0 aromatic heterocycles. The fourth-order valence-corrected chi connectivity index (χ4v) is 3.61. The minimum Gasteiger partial charge on any atom is -0.305 e. The molecule has 2 fully saturated rings. The van der Waals surface area contributed by atoms with E-state index in [0.717, 1.165) is 0 Å². The summed E-state index contributed by atoms with van der Waals surface area (Å²) in [7, 11) is 2.27. The van der Waals surface area contributed by atoms with E-state index in [2.05, 4.69) is 44.5 Å². The highest BCUT2D eigenvalue weighted by Crippen LogP contribution is 2.51. The zero-order chi connectivity index (χ0) is 11.3. The van der Waals surface area contributed by atoms with E-state index in [9.17, 15) is 0 Å². The molecule has 0 radical (unpaired) electrons. The highest BCUT2D eigenvalue weighted by atomic mass is 15.2. The number of rotatable bonds is 1. The molecule has 0 aromatic rings. The van der Waals surface area contributed by atoms with Crippen LogP contribution < -0.4 is 0 Å². The predicted octanol–water partition coefficient (Wildman–Crippen LogP) is 2.06. The molecule has 0 aromatic carbocycles. The van der Waals surface area contributed by atoms with Gasteiger partial charge in [0.15, 0.2) is 0 Å². The monoisotopic (exact) mass is 210 g/mol. The van der Waals surface area contributed by atoms with Crippen LogP contribution in [0.25, 0.3) is 0 Å². The minimum atomic E-state index is 0.504. The molecule has 2 saturated heterocycles. The second-order valence-electron chi connectivity index (χ2n) is 6.61. The van der Waals surface area contributed by atoms with Gasteiger partial charge >= 0.3 is 0 Å². The standard InChI is InChI=1S/C13H26N2/c1-11(2)15-7-6-12(3)8-14(5)9-13(12,4)10-15/h11H,6-10H2,1-5H3/t12-,13-/m0/s1. The summed E-state index contributed by atoms with van der Waals surface area (Å²) in [5, 5.41) is 0. The first-order valence-corrected chi connectivity index (χ1v) is 6.29. The predicted molar refractivity (Wildman–Crippen MR) is 65.0 cm³/mol. The maximum atomic E-state index is 2.65. The van der Waals surface area contributed by atoms with Crippen LogP contribution in [-0.4, -0.2) is 49.1 Å². The summed E-state index contributed by atoms with van der Waals surface area (Å²) in [4.78, 5) is 5.17. The first kappa shape index (κ1) is 11.4. The Hall–Kier alpha value is -0.0800. The molecule has 0 saturated carbocycles. The Labute approximate surface area is 94.6 Å². The van der Waals surface area contributed by atoms with Crippen molar-refractivity contribution in [2.45, 2.75) is 40.2 Å². The third kappa shape index (κ3) is 1.72. The van der Waals surface area contributed by atoms with Crippen LogP contribution in [0.15, 0.2) is 0 Å². The molecule has 2 aliphatic heterocycles. The fourth-order valence-electron chi connectivity index (χ4n) is 3.61. The zero-order valence-electron chi connectivity index (χ0n) is 11.0. The molecule has 0 unspecified atom stereocenters. The lowest BCUT2D eigenvalue weighted by Crippen LogP contribution is -2.54. The Morgan fingerprint density at radius 3 is 2.20 bits per heavy atom. The van der Waals surface area contributed by atoms with Gasteiger partial charge in [-0.1, -0.05) is 13.8 Å². The molecule has 88 valence electrons. The molecule has 0 amide bonds. The van der Waals surface area contributed by atoms with Crippen molar-refractivity contribution in [3.05, 3.63) is 0 Å². The Kier molecular flexibility index (Phi) is 2.63. The number of likely N-dealkylation sites (tertiary alicyclic amines) is 2. The third-order valence-corrected chi connectivity index (χ3v) is 4.93. The van der Waals surface area contributed by atoms with Crippen LogP contribution in [0, 0.1) is 10.8 Å². The van der Waals surface area contributed by atoms with Gasteiger partial charge in [0.25, 0.3) is 0 Å². The van der Waals surface area contributed by atoms with E-state index in [1.165, 1.54) is 32.6 Å². The summed E-state index contributed by atoms with van der Waals surface area (Å²) in [5.74, 6) is 0. The Morgan fingerprint density at radius 1 is 1.00 bits per heavy atom. The van der Waals surface area contributed by atoms with Crippen molar-refractivity contribution in [3.8, 4) is 0 Å². The van der Waals surface area contributed by atoms with E-state index in [-0.39, 0.29) is 0 Å². The highest BCUT2D eigenvalue weighted by Gasteiger charge is 2.53. The molecule has 2 aliphatic rings. The summed E-state index contributed by atoms with van der Waals surface area (Å²) in [6, 6.07) is 0.706. The van der Waals surface area contributed by atoms with Crippen LogP contribution in [0.1, 0.15) is 34.1 Å². The number of fused-ring (bicyclic) bond motifs is 1. The largest absolute Gasteiger partial charge is 0.305 e. The Balaban J connectivity index is 2.17. The summed E-state index contributed by atoms with van der Waals surface area (Å²) in [6.07, 6.45) is 1.37. The summed E-state index contributed by atoms with van der Waals surface area (Å²) in [5.41, 5.74) is 1.05. The van der Waals surface area contributed by atoms with Gasteiger partial charge in [-0.2, -0.15) is 0 Å². The van der Waals surface area contributed by atoms with Crippen molar-refractivity contribution >= 4 is 0 Å². The third-order valence-electron chi connectivity index (χ3n) is 4.93. The van der Waals surface area contributed by atoms with Crippen molar-refractivity contribution in [3.63, 3.8) is 0 Å². The molecule has 2 nitrogen and oxygen atoms in total. The molecule has 0 spiro atoms. The Bertz CT molecular complexity index is 251. The number of piperidine rings is 1. The van der Waals surface area contributed by atoms with Crippen molar-refractivity contribution in [1.82, 2.24) is 9.80 Å². The molecule has 0 bridgehead atoms. The lowest BCUT2D eigenvalue weighted by Gasteiger charge is -2.50.